The summed E-state index contributed by atoms with van der Waals surface area (Å²) in [6.45, 7) is 2.04. The van der Waals surface area contributed by atoms with E-state index in [1.807, 2.05) is 6.07 Å². The van der Waals surface area contributed by atoms with Crippen LogP contribution < -0.4 is 0 Å². The molecule has 1 aromatic carbocycles. The number of benzene rings is 1. The molecule has 1 amide bonds. The van der Waals surface area contributed by atoms with Crippen LogP contribution in [0, 0.1) is 0 Å². The average Bonchev–Trinajstić information content (AvgIpc) is 2.92. The second kappa shape index (κ2) is 6.24. The lowest BCUT2D eigenvalue weighted by Gasteiger charge is -2.34. The fraction of sp³-hybridized carbons (Fsp3) is 0.500. The predicted molar refractivity (Wildman–Crippen MR) is 76.6 cm³/mol. The van der Waals surface area contributed by atoms with Crippen molar-refractivity contribution in [2.24, 2.45) is 0 Å². The van der Waals surface area contributed by atoms with Crippen molar-refractivity contribution in [2.75, 3.05) is 6.54 Å². The Morgan fingerprint density at radius 3 is 2.62 bits per heavy atom. The molecule has 2 atom stereocenters. The van der Waals surface area contributed by atoms with Crippen molar-refractivity contribution >= 4 is 11.9 Å². The van der Waals surface area contributed by atoms with Crippen molar-refractivity contribution in [1.82, 2.24) is 4.90 Å². The smallest absolute Gasteiger partial charge is 0.329 e. The van der Waals surface area contributed by atoms with Crippen molar-refractivity contribution in [1.29, 1.82) is 0 Å². The molecular weight excluding hydrogens is 273 g/mol. The van der Waals surface area contributed by atoms with Crippen LogP contribution in [0.3, 0.4) is 0 Å². The summed E-state index contributed by atoms with van der Waals surface area (Å²) in [5, 5.41) is 9.44. The number of carbonyl (C=O) groups excluding carboxylic acids is 1. The molecule has 0 saturated carbocycles. The first kappa shape index (κ1) is 15.5. The van der Waals surface area contributed by atoms with Gasteiger partial charge in [0.05, 0.1) is 0 Å². The summed E-state index contributed by atoms with van der Waals surface area (Å²) in [7, 11) is 0. The van der Waals surface area contributed by atoms with Crippen LogP contribution in [0.5, 0.6) is 0 Å². The third-order valence-electron chi connectivity index (χ3n) is 4.26. The van der Waals surface area contributed by atoms with Crippen molar-refractivity contribution in [2.45, 2.75) is 44.3 Å². The van der Waals surface area contributed by atoms with Crippen LogP contribution in [-0.4, -0.2) is 40.1 Å². The normalized spacial score (nSPS) is 23.0. The van der Waals surface area contributed by atoms with Gasteiger partial charge in [0.15, 0.2) is 6.17 Å². The zero-order valence-electron chi connectivity index (χ0n) is 12.1. The summed E-state index contributed by atoms with van der Waals surface area (Å²) in [6, 6.07) is 8.92. The van der Waals surface area contributed by atoms with Crippen LogP contribution >= 0.6 is 0 Å². The Balaban J connectivity index is 2.13. The van der Waals surface area contributed by atoms with E-state index in [2.05, 4.69) is 0 Å². The first-order valence-electron chi connectivity index (χ1n) is 7.24. The minimum Gasteiger partial charge on any atom is -0.479 e. The molecule has 0 radical (unpaired) electrons. The number of hydrogen-bond acceptors (Lipinski definition) is 2. The van der Waals surface area contributed by atoms with E-state index in [0.717, 1.165) is 5.56 Å². The van der Waals surface area contributed by atoms with Gasteiger partial charge in [-0.05, 0) is 24.8 Å². The van der Waals surface area contributed by atoms with E-state index in [1.54, 1.807) is 31.2 Å². The van der Waals surface area contributed by atoms with Gasteiger partial charge in [-0.15, -0.1) is 0 Å². The third-order valence-corrected chi connectivity index (χ3v) is 4.26. The van der Waals surface area contributed by atoms with E-state index in [0.29, 0.717) is 25.8 Å². The van der Waals surface area contributed by atoms with Crippen LogP contribution in [-0.2, 0) is 16.0 Å². The van der Waals surface area contributed by atoms with Crippen molar-refractivity contribution in [3.63, 3.8) is 0 Å². The van der Waals surface area contributed by atoms with Gasteiger partial charge < -0.3 is 10.0 Å². The van der Waals surface area contributed by atoms with E-state index in [4.69, 9.17) is 0 Å². The van der Waals surface area contributed by atoms with Gasteiger partial charge in [0.25, 0.3) is 5.91 Å². The maximum Gasteiger partial charge on any atom is 0.329 e. The number of carboxylic acid groups (broad SMARTS) is 1. The number of hydrogen-bond donors (Lipinski definition) is 1. The van der Waals surface area contributed by atoms with Gasteiger partial charge in [-0.25, -0.2) is 9.18 Å². The summed E-state index contributed by atoms with van der Waals surface area (Å²) < 4.78 is 14.3. The molecule has 1 heterocycles. The van der Waals surface area contributed by atoms with Gasteiger partial charge in [0.1, 0.15) is 5.54 Å². The standard InChI is InChI=1S/C16H20FNO3/c1-2-16(15(20)21)9-6-10-18(16)14(19)13(17)11-12-7-4-3-5-8-12/h3-5,7-8,13H,2,6,9-11H2,1H3,(H,20,21). The van der Waals surface area contributed by atoms with Crippen LogP contribution in [0.2, 0.25) is 0 Å². The highest BCUT2D eigenvalue weighted by Crippen LogP contribution is 2.33. The predicted octanol–water partition coefficient (Wildman–Crippen LogP) is 2.42. The van der Waals surface area contributed by atoms with Crippen LogP contribution in [0.25, 0.3) is 0 Å². The van der Waals surface area contributed by atoms with Gasteiger partial charge in [0.2, 0.25) is 0 Å². The van der Waals surface area contributed by atoms with E-state index in [1.165, 1.54) is 4.90 Å². The number of amides is 1. The van der Waals surface area contributed by atoms with Gasteiger partial charge in [-0.2, -0.15) is 0 Å². The Bertz CT molecular complexity index is 520. The van der Waals surface area contributed by atoms with Crippen molar-refractivity contribution in [3.05, 3.63) is 35.9 Å². The molecule has 1 aromatic rings. The molecule has 4 nitrogen and oxygen atoms in total. The molecule has 0 bridgehead atoms. The fourth-order valence-corrected chi connectivity index (χ4v) is 3.02. The highest BCUT2D eigenvalue weighted by Gasteiger charge is 2.49. The highest BCUT2D eigenvalue weighted by atomic mass is 19.1. The Morgan fingerprint density at radius 1 is 1.38 bits per heavy atom. The number of carbonyl (C=O) groups is 2. The number of nitrogens with zero attached hydrogens (tertiary/aromatic N) is 1. The maximum absolute atomic E-state index is 14.3. The number of aliphatic carboxylic acids is 1. The zero-order valence-corrected chi connectivity index (χ0v) is 12.1. The number of alkyl halides is 1. The van der Waals surface area contributed by atoms with Gasteiger partial charge in [0, 0.05) is 13.0 Å². The second-order valence-electron chi connectivity index (χ2n) is 5.44. The Labute approximate surface area is 123 Å². The Hall–Kier alpha value is -1.91. The summed E-state index contributed by atoms with van der Waals surface area (Å²) >= 11 is 0. The molecule has 2 unspecified atom stereocenters. The number of likely N-dealkylation sites (tertiary alicyclic amines) is 1. The Kier molecular flexibility index (Phi) is 4.60. The van der Waals surface area contributed by atoms with Crippen LogP contribution in [0.4, 0.5) is 4.39 Å². The van der Waals surface area contributed by atoms with Gasteiger partial charge >= 0.3 is 5.97 Å². The SMILES string of the molecule is CCC1(C(=O)O)CCCN1C(=O)C(F)Cc1ccccc1. The lowest BCUT2D eigenvalue weighted by molar-refractivity contribution is -0.158. The largest absolute Gasteiger partial charge is 0.479 e. The topological polar surface area (TPSA) is 57.6 Å². The van der Waals surface area contributed by atoms with E-state index >= 15 is 0 Å². The van der Waals surface area contributed by atoms with Gasteiger partial charge in [-0.1, -0.05) is 37.3 Å². The number of halogens is 1. The van der Waals surface area contributed by atoms with E-state index in [-0.39, 0.29) is 6.42 Å². The molecule has 21 heavy (non-hydrogen) atoms. The minimum absolute atomic E-state index is 0.0183. The quantitative estimate of drug-likeness (QED) is 0.907. The molecule has 5 heteroatoms. The second-order valence-corrected chi connectivity index (χ2v) is 5.44. The lowest BCUT2D eigenvalue weighted by atomic mass is 9.92. The molecule has 1 aliphatic heterocycles. The summed E-state index contributed by atoms with van der Waals surface area (Å²) in [4.78, 5) is 25.1. The molecule has 114 valence electrons. The van der Waals surface area contributed by atoms with Crippen LogP contribution in [0.1, 0.15) is 31.7 Å². The number of rotatable bonds is 5. The first-order chi connectivity index (χ1) is 10.0. The molecule has 2 rings (SSSR count). The lowest BCUT2D eigenvalue weighted by Crippen LogP contribution is -2.55. The molecule has 1 N–H and O–H groups in total. The number of carboxylic acids is 1. The molecule has 1 fully saturated rings. The monoisotopic (exact) mass is 293 g/mol. The summed E-state index contributed by atoms with van der Waals surface area (Å²) in [5.41, 5.74) is -0.507. The molecule has 1 saturated heterocycles. The van der Waals surface area contributed by atoms with Crippen molar-refractivity contribution in [3.8, 4) is 0 Å². The molecule has 1 aliphatic rings. The minimum atomic E-state index is -1.70. The maximum atomic E-state index is 14.3. The Morgan fingerprint density at radius 2 is 2.05 bits per heavy atom. The zero-order chi connectivity index (χ0) is 15.5. The van der Waals surface area contributed by atoms with E-state index in [9.17, 15) is 19.1 Å². The fourth-order valence-electron chi connectivity index (χ4n) is 3.02. The summed E-state index contributed by atoms with van der Waals surface area (Å²) in [5.74, 6) is -1.75. The first-order valence-corrected chi connectivity index (χ1v) is 7.24. The van der Waals surface area contributed by atoms with Crippen molar-refractivity contribution < 1.29 is 19.1 Å². The van der Waals surface area contributed by atoms with Crippen LogP contribution in [0.15, 0.2) is 30.3 Å². The molecular formula is C16H20FNO3. The van der Waals surface area contributed by atoms with E-state index < -0.39 is 23.6 Å². The molecule has 0 spiro atoms. The molecule has 0 aromatic heterocycles. The average molecular weight is 293 g/mol. The summed E-state index contributed by atoms with van der Waals surface area (Å²) in [6.07, 6.45) is -0.426. The third kappa shape index (κ3) is 2.91. The van der Waals surface area contributed by atoms with Gasteiger partial charge in [-0.3, -0.25) is 4.79 Å². The molecule has 0 aliphatic carbocycles. The highest BCUT2D eigenvalue weighted by molar-refractivity contribution is 5.90.